The van der Waals surface area contributed by atoms with Gasteiger partial charge in [0.25, 0.3) is 0 Å². The van der Waals surface area contributed by atoms with Gasteiger partial charge in [0, 0.05) is 17.5 Å². The summed E-state index contributed by atoms with van der Waals surface area (Å²) in [5.74, 6) is 1.30. The summed E-state index contributed by atoms with van der Waals surface area (Å²) in [6.45, 7) is 10.1. The minimum Gasteiger partial charge on any atom is -0.489 e. The predicted molar refractivity (Wildman–Crippen MR) is 104 cm³/mol. The maximum Gasteiger partial charge on any atom is 0.336 e. The van der Waals surface area contributed by atoms with E-state index < -0.39 is 11.7 Å². The molecule has 0 bridgehead atoms. The van der Waals surface area contributed by atoms with Crippen LogP contribution in [0.15, 0.2) is 15.3 Å². The largest absolute Gasteiger partial charge is 0.489 e. The van der Waals surface area contributed by atoms with E-state index in [1.54, 1.807) is 6.07 Å². The molecule has 5 heteroatoms. The Labute approximate surface area is 159 Å². The zero-order valence-corrected chi connectivity index (χ0v) is 16.7. The standard InChI is InChI=1S/C22H28O5/c1-6-7-13-10-15(23)26-21-16(13)20-14(8-9-22(4,5)27-20)19-17(21)18(24)11(2)12(3)25-19/h10-12,18,24H,6-9H2,1-5H3/t11-,12+,18-/m1/s1. The molecule has 1 N–H and O–H groups in total. The van der Waals surface area contributed by atoms with Crippen LogP contribution in [0, 0.1) is 5.92 Å². The van der Waals surface area contributed by atoms with Crippen molar-refractivity contribution in [2.24, 2.45) is 5.92 Å². The maximum absolute atomic E-state index is 12.3. The maximum atomic E-state index is 12.3. The summed E-state index contributed by atoms with van der Waals surface area (Å²) in [6.07, 6.45) is 2.45. The van der Waals surface area contributed by atoms with Crippen LogP contribution in [0.3, 0.4) is 0 Å². The average molecular weight is 372 g/mol. The van der Waals surface area contributed by atoms with Gasteiger partial charge in [0.15, 0.2) is 5.58 Å². The fourth-order valence-corrected chi connectivity index (χ4v) is 4.28. The number of rotatable bonds is 2. The first kappa shape index (κ1) is 18.4. The summed E-state index contributed by atoms with van der Waals surface area (Å²) in [6, 6.07) is 1.56. The van der Waals surface area contributed by atoms with Crippen molar-refractivity contribution >= 4 is 11.0 Å². The molecule has 2 aromatic rings. The zero-order valence-electron chi connectivity index (χ0n) is 16.7. The summed E-state index contributed by atoms with van der Waals surface area (Å²) in [5, 5.41) is 11.9. The van der Waals surface area contributed by atoms with Gasteiger partial charge in [0.2, 0.25) is 0 Å². The van der Waals surface area contributed by atoms with Crippen molar-refractivity contribution < 1.29 is 19.0 Å². The Morgan fingerprint density at radius 3 is 2.70 bits per heavy atom. The van der Waals surface area contributed by atoms with E-state index in [2.05, 4.69) is 20.8 Å². The molecule has 0 saturated heterocycles. The summed E-state index contributed by atoms with van der Waals surface area (Å²) >= 11 is 0. The lowest BCUT2D eigenvalue weighted by molar-refractivity contribution is 0.0151. The van der Waals surface area contributed by atoms with Gasteiger partial charge in [0.1, 0.15) is 23.2 Å². The third-order valence-corrected chi connectivity index (χ3v) is 6.02. The van der Waals surface area contributed by atoms with Gasteiger partial charge < -0.3 is 19.0 Å². The van der Waals surface area contributed by atoms with Crippen LogP contribution < -0.4 is 15.1 Å². The van der Waals surface area contributed by atoms with Gasteiger partial charge in [-0.1, -0.05) is 20.3 Å². The van der Waals surface area contributed by atoms with Crippen molar-refractivity contribution in [3.05, 3.63) is 33.2 Å². The van der Waals surface area contributed by atoms with Gasteiger partial charge in [-0.05, 0) is 45.6 Å². The average Bonchev–Trinajstić information content (AvgIpc) is 2.58. The molecule has 3 atom stereocenters. The quantitative estimate of drug-likeness (QED) is 0.796. The van der Waals surface area contributed by atoms with E-state index in [0.29, 0.717) is 16.9 Å². The highest BCUT2D eigenvalue weighted by Crippen LogP contribution is 2.52. The minimum absolute atomic E-state index is 0.0974. The van der Waals surface area contributed by atoms with Crippen LogP contribution in [0.25, 0.3) is 11.0 Å². The molecule has 5 nitrogen and oxygen atoms in total. The van der Waals surface area contributed by atoms with Gasteiger partial charge >= 0.3 is 5.63 Å². The molecule has 146 valence electrons. The van der Waals surface area contributed by atoms with Crippen LogP contribution in [0.1, 0.15) is 70.3 Å². The normalized spacial score (nSPS) is 26.1. The number of aliphatic hydroxyl groups is 1. The molecule has 27 heavy (non-hydrogen) atoms. The second-order valence-corrected chi connectivity index (χ2v) is 8.58. The number of fused-ring (bicyclic) bond motifs is 6. The number of hydrogen-bond acceptors (Lipinski definition) is 5. The highest BCUT2D eigenvalue weighted by atomic mass is 16.5. The van der Waals surface area contributed by atoms with Crippen LogP contribution in [-0.4, -0.2) is 16.8 Å². The second kappa shape index (κ2) is 6.26. The minimum atomic E-state index is -0.744. The smallest absolute Gasteiger partial charge is 0.336 e. The van der Waals surface area contributed by atoms with E-state index in [9.17, 15) is 9.90 Å². The number of benzene rings is 1. The molecule has 3 heterocycles. The molecule has 2 aliphatic heterocycles. The van der Waals surface area contributed by atoms with Crippen molar-refractivity contribution in [3.8, 4) is 11.5 Å². The molecule has 0 amide bonds. The van der Waals surface area contributed by atoms with Crippen molar-refractivity contribution in [1.29, 1.82) is 0 Å². The first-order valence-corrected chi connectivity index (χ1v) is 9.92. The number of hydrogen-bond donors (Lipinski definition) is 1. The Kier molecular flexibility index (Phi) is 4.26. The number of aryl methyl sites for hydroxylation is 1. The third kappa shape index (κ3) is 2.83. The summed E-state index contributed by atoms with van der Waals surface area (Å²) in [5.41, 5.74) is 2.22. The fourth-order valence-electron chi connectivity index (χ4n) is 4.28. The number of ether oxygens (including phenoxy) is 2. The van der Waals surface area contributed by atoms with Crippen molar-refractivity contribution in [2.75, 3.05) is 0 Å². The lowest BCUT2D eigenvalue weighted by atomic mass is 9.83. The Balaban J connectivity index is 2.14. The summed E-state index contributed by atoms with van der Waals surface area (Å²) < 4.78 is 18.3. The summed E-state index contributed by atoms with van der Waals surface area (Å²) in [7, 11) is 0. The van der Waals surface area contributed by atoms with Gasteiger partial charge in [-0.3, -0.25) is 0 Å². The van der Waals surface area contributed by atoms with Crippen molar-refractivity contribution in [1.82, 2.24) is 0 Å². The summed E-state index contributed by atoms with van der Waals surface area (Å²) in [4.78, 5) is 12.3. The molecule has 1 aromatic carbocycles. The van der Waals surface area contributed by atoms with E-state index >= 15 is 0 Å². The Bertz CT molecular complexity index is 956. The monoisotopic (exact) mass is 372 g/mol. The molecular weight excluding hydrogens is 344 g/mol. The van der Waals surface area contributed by atoms with E-state index in [1.807, 2.05) is 13.8 Å². The zero-order chi connectivity index (χ0) is 19.5. The molecule has 0 radical (unpaired) electrons. The predicted octanol–water partition coefficient (Wildman–Crippen LogP) is 4.30. The van der Waals surface area contributed by atoms with Crippen LogP contribution in [-0.2, 0) is 12.8 Å². The lowest BCUT2D eigenvalue weighted by Crippen LogP contribution is -2.36. The molecular formula is C22H28O5. The van der Waals surface area contributed by atoms with Crippen molar-refractivity contribution in [3.63, 3.8) is 0 Å². The van der Waals surface area contributed by atoms with Gasteiger partial charge in [-0.2, -0.15) is 0 Å². The highest BCUT2D eigenvalue weighted by molar-refractivity contribution is 5.94. The Morgan fingerprint density at radius 2 is 2.00 bits per heavy atom. The molecule has 0 fully saturated rings. The van der Waals surface area contributed by atoms with Gasteiger partial charge in [-0.25, -0.2) is 4.79 Å². The van der Waals surface area contributed by atoms with Crippen LogP contribution in [0.4, 0.5) is 0 Å². The fraction of sp³-hybridized carbons (Fsp3) is 0.591. The molecule has 0 unspecified atom stereocenters. The molecule has 0 aliphatic carbocycles. The second-order valence-electron chi connectivity index (χ2n) is 8.58. The first-order chi connectivity index (χ1) is 12.7. The van der Waals surface area contributed by atoms with Crippen LogP contribution in [0.5, 0.6) is 11.5 Å². The third-order valence-electron chi connectivity index (χ3n) is 6.02. The molecule has 0 saturated carbocycles. The molecule has 1 aromatic heterocycles. The van der Waals surface area contributed by atoms with E-state index in [-0.39, 0.29) is 17.6 Å². The lowest BCUT2D eigenvalue weighted by Gasteiger charge is -2.39. The first-order valence-electron chi connectivity index (χ1n) is 9.92. The van der Waals surface area contributed by atoms with E-state index in [1.165, 1.54) is 0 Å². The van der Waals surface area contributed by atoms with Crippen molar-refractivity contribution in [2.45, 2.75) is 78.1 Å². The van der Waals surface area contributed by atoms with Crippen LogP contribution >= 0.6 is 0 Å². The molecule has 2 aliphatic rings. The van der Waals surface area contributed by atoms with Crippen LogP contribution in [0.2, 0.25) is 0 Å². The highest BCUT2D eigenvalue weighted by Gasteiger charge is 2.41. The number of aliphatic hydroxyl groups excluding tert-OH is 1. The Hall–Kier alpha value is -2.01. The molecule has 0 spiro atoms. The molecule has 4 rings (SSSR count). The van der Waals surface area contributed by atoms with E-state index in [0.717, 1.165) is 47.9 Å². The Morgan fingerprint density at radius 1 is 1.26 bits per heavy atom. The van der Waals surface area contributed by atoms with E-state index in [4.69, 9.17) is 13.9 Å². The van der Waals surface area contributed by atoms with Gasteiger partial charge in [-0.15, -0.1) is 0 Å². The van der Waals surface area contributed by atoms with Gasteiger partial charge in [0.05, 0.1) is 17.1 Å². The SMILES string of the molecule is CCCc1cc(=O)oc2c3c(c4c(c12)OC(C)(C)CC4)O[C@@H](C)[C@@H](C)[C@H]3O. The topological polar surface area (TPSA) is 68.9 Å².